The molecule has 0 bridgehead atoms. The van der Waals surface area contributed by atoms with Crippen molar-refractivity contribution < 1.29 is 9.18 Å². The van der Waals surface area contributed by atoms with E-state index in [1.807, 2.05) is 35.2 Å². The highest BCUT2D eigenvalue weighted by Gasteiger charge is 2.21. The molecular formula is C18H20FN3O. The average molecular weight is 313 g/mol. The first-order valence-electron chi connectivity index (χ1n) is 7.90. The first kappa shape index (κ1) is 15.5. The van der Waals surface area contributed by atoms with Crippen molar-refractivity contribution in [2.24, 2.45) is 0 Å². The van der Waals surface area contributed by atoms with Crippen LogP contribution in [0.1, 0.15) is 12.0 Å². The fourth-order valence-electron chi connectivity index (χ4n) is 2.79. The minimum absolute atomic E-state index is 0.195. The zero-order valence-corrected chi connectivity index (χ0v) is 13.0. The van der Waals surface area contributed by atoms with Crippen molar-refractivity contribution in [3.63, 3.8) is 0 Å². The van der Waals surface area contributed by atoms with E-state index >= 15 is 0 Å². The molecule has 0 aliphatic carbocycles. The van der Waals surface area contributed by atoms with E-state index in [4.69, 9.17) is 0 Å². The first-order chi connectivity index (χ1) is 11.2. The van der Waals surface area contributed by atoms with Crippen molar-refractivity contribution in [1.82, 2.24) is 9.88 Å². The molecule has 0 atom stereocenters. The smallest absolute Gasteiger partial charge is 0.223 e. The van der Waals surface area contributed by atoms with Gasteiger partial charge in [-0.3, -0.25) is 4.79 Å². The van der Waals surface area contributed by atoms with Crippen LogP contribution >= 0.6 is 0 Å². The van der Waals surface area contributed by atoms with Crippen molar-refractivity contribution in [1.29, 1.82) is 0 Å². The summed E-state index contributed by atoms with van der Waals surface area (Å²) in [6.07, 6.45) is 2.55. The number of pyridine rings is 1. The van der Waals surface area contributed by atoms with E-state index in [0.29, 0.717) is 19.5 Å². The molecule has 5 heteroatoms. The summed E-state index contributed by atoms with van der Waals surface area (Å²) in [6, 6.07) is 13.2. The van der Waals surface area contributed by atoms with Gasteiger partial charge in [0.05, 0.1) is 6.20 Å². The van der Waals surface area contributed by atoms with Crippen LogP contribution in [0.5, 0.6) is 0 Å². The minimum atomic E-state index is -0.330. The standard InChI is InChI=1S/C18H20FN3O/c19-16-7-8-17(20-14-16)21-10-12-22(13-11-21)18(23)9-6-15-4-2-1-3-5-15/h1-5,7-8,14H,6,9-13H2. The molecule has 1 aliphatic rings. The Morgan fingerprint density at radius 3 is 2.43 bits per heavy atom. The van der Waals surface area contributed by atoms with Gasteiger partial charge in [-0.15, -0.1) is 0 Å². The van der Waals surface area contributed by atoms with E-state index in [-0.39, 0.29) is 11.7 Å². The Hall–Kier alpha value is -2.43. The molecule has 0 N–H and O–H groups in total. The predicted octanol–water partition coefficient (Wildman–Crippen LogP) is 2.50. The van der Waals surface area contributed by atoms with E-state index in [1.165, 1.54) is 17.8 Å². The second kappa shape index (κ2) is 7.22. The quantitative estimate of drug-likeness (QED) is 0.870. The van der Waals surface area contributed by atoms with Gasteiger partial charge in [-0.2, -0.15) is 0 Å². The van der Waals surface area contributed by atoms with Gasteiger partial charge in [-0.25, -0.2) is 9.37 Å². The molecule has 0 saturated carbocycles. The van der Waals surface area contributed by atoms with Crippen molar-refractivity contribution >= 4 is 11.7 Å². The van der Waals surface area contributed by atoms with Gasteiger partial charge in [0.15, 0.2) is 0 Å². The number of nitrogens with zero attached hydrogens (tertiary/aromatic N) is 3. The van der Waals surface area contributed by atoms with Gasteiger partial charge in [-0.05, 0) is 24.1 Å². The number of benzene rings is 1. The second-order valence-corrected chi connectivity index (χ2v) is 5.69. The van der Waals surface area contributed by atoms with Crippen LogP contribution in [-0.2, 0) is 11.2 Å². The molecule has 1 aliphatic heterocycles. The van der Waals surface area contributed by atoms with Crippen LogP contribution in [-0.4, -0.2) is 42.0 Å². The normalized spacial score (nSPS) is 14.8. The second-order valence-electron chi connectivity index (χ2n) is 5.69. The number of rotatable bonds is 4. The molecule has 1 fully saturated rings. The molecule has 1 amide bonds. The Morgan fingerprint density at radius 2 is 1.78 bits per heavy atom. The van der Waals surface area contributed by atoms with Crippen LogP contribution in [0.3, 0.4) is 0 Å². The topological polar surface area (TPSA) is 36.4 Å². The highest BCUT2D eigenvalue weighted by atomic mass is 19.1. The number of halogens is 1. The SMILES string of the molecule is O=C(CCc1ccccc1)N1CCN(c2ccc(F)cn2)CC1. The van der Waals surface area contributed by atoms with Gasteiger partial charge >= 0.3 is 0 Å². The lowest BCUT2D eigenvalue weighted by atomic mass is 10.1. The monoisotopic (exact) mass is 313 g/mol. The number of carbonyl (C=O) groups excluding carboxylic acids is 1. The van der Waals surface area contributed by atoms with Gasteiger partial charge in [0.25, 0.3) is 0 Å². The fraction of sp³-hybridized carbons (Fsp3) is 0.333. The molecule has 0 spiro atoms. The molecule has 2 aromatic rings. The number of anilines is 1. The van der Waals surface area contributed by atoms with Gasteiger partial charge < -0.3 is 9.80 Å². The molecule has 0 unspecified atom stereocenters. The van der Waals surface area contributed by atoms with Crippen LogP contribution in [0.25, 0.3) is 0 Å². The van der Waals surface area contributed by atoms with Crippen molar-refractivity contribution in [3.05, 3.63) is 60.0 Å². The first-order valence-corrected chi connectivity index (χ1v) is 7.90. The maximum Gasteiger partial charge on any atom is 0.223 e. The molecule has 3 rings (SSSR count). The lowest BCUT2D eigenvalue weighted by Crippen LogP contribution is -2.49. The summed E-state index contributed by atoms with van der Waals surface area (Å²) < 4.78 is 12.9. The molecule has 1 aromatic heterocycles. The van der Waals surface area contributed by atoms with Crippen LogP contribution in [0.4, 0.5) is 10.2 Å². The van der Waals surface area contributed by atoms with E-state index in [1.54, 1.807) is 6.07 Å². The van der Waals surface area contributed by atoms with E-state index < -0.39 is 0 Å². The molecular weight excluding hydrogens is 293 g/mol. The Bertz CT molecular complexity index is 637. The zero-order chi connectivity index (χ0) is 16.1. The maximum absolute atomic E-state index is 12.9. The zero-order valence-electron chi connectivity index (χ0n) is 13.0. The van der Waals surface area contributed by atoms with E-state index in [0.717, 1.165) is 25.3 Å². The Balaban J connectivity index is 1.48. The number of aryl methyl sites for hydroxylation is 1. The Morgan fingerprint density at radius 1 is 1.04 bits per heavy atom. The lowest BCUT2D eigenvalue weighted by molar-refractivity contribution is -0.131. The van der Waals surface area contributed by atoms with Crippen molar-refractivity contribution in [3.8, 4) is 0 Å². The van der Waals surface area contributed by atoms with Crippen LogP contribution in [0.15, 0.2) is 48.7 Å². The van der Waals surface area contributed by atoms with Gasteiger partial charge in [-0.1, -0.05) is 30.3 Å². The highest BCUT2D eigenvalue weighted by Crippen LogP contribution is 2.14. The van der Waals surface area contributed by atoms with Crippen molar-refractivity contribution in [2.75, 3.05) is 31.1 Å². The van der Waals surface area contributed by atoms with Crippen LogP contribution in [0, 0.1) is 5.82 Å². The number of piperazine rings is 1. The summed E-state index contributed by atoms with van der Waals surface area (Å²) in [6.45, 7) is 2.84. The third kappa shape index (κ3) is 4.06. The Labute approximate surface area is 135 Å². The molecule has 1 aromatic carbocycles. The van der Waals surface area contributed by atoms with Gasteiger partial charge in [0, 0.05) is 32.6 Å². The van der Waals surface area contributed by atoms with Crippen LogP contribution < -0.4 is 4.90 Å². The fourth-order valence-corrected chi connectivity index (χ4v) is 2.79. The summed E-state index contributed by atoms with van der Waals surface area (Å²) in [5.41, 5.74) is 1.19. The lowest BCUT2D eigenvalue weighted by Gasteiger charge is -2.35. The Kier molecular flexibility index (Phi) is 4.86. The third-order valence-electron chi connectivity index (χ3n) is 4.14. The molecule has 120 valence electrons. The number of hydrogen-bond donors (Lipinski definition) is 0. The van der Waals surface area contributed by atoms with Crippen molar-refractivity contribution in [2.45, 2.75) is 12.8 Å². The van der Waals surface area contributed by atoms with E-state index in [2.05, 4.69) is 9.88 Å². The molecule has 23 heavy (non-hydrogen) atoms. The van der Waals surface area contributed by atoms with E-state index in [9.17, 15) is 9.18 Å². The molecule has 2 heterocycles. The third-order valence-corrected chi connectivity index (χ3v) is 4.14. The minimum Gasteiger partial charge on any atom is -0.353 e. The number of amides is 1. The van der Waals surface area contributed by atoms with Crippen LogP contribution in [0.2, 0.25) is 0 Å². The van der Waals surface area contributed by atoms with Gasteiger partial charge in [0.1, 0.15) is 11.6 Å². The van der Waals surface area contributed by atoms with Gasteiger partial charge in [0.2, 0.25) is 5.91 Å². The summed E-state index contributed by atoms with van der Waals surface area (Å²) in [7, 11) is 0. The summed E-state index contributed by atoms with van der Waals surface area (Å²) in [5.74, 6) is 0.631. The number of aromatic nitrogens is 1. The molecule has 0 radical (unpaired) electrons. The maximum atomic E-state index is 12.9. The summed E-state index contributed by atoms with van der Waals surface area (Å²) in [5, 5.41) is 0. The summed E-state index contributed by atoms with van der Waals surface area (Å²) >= 11 is 0. The summed E-state index contributed by atoms with van der Waals surface area (Å²) in [4.78, 5) is 20.4. The number of carbonyl (C=O) groups is 1. The molecule has 4 nitrogen and oxygen atoms in total. The molecule has 1 saturated heterocycles. The average Bonchev–Trinajstić information content (AvgIpc) is 2.61. The predicted molar refractivity (Wildman–Crippen MR) is 87.8 cm³/mol. The number of hydrogen-bond acceptors (Lipinski definition) is 3. The highest BCUT2D eigenvalue weighted by molar-refractivity contribution is 5.76. The largest absolute Gasteiger partial charge is 0.353 e.